The fourth-order valence-electron chi connectivity index (χ4n) is 1.32. The minimum Gasteiger partial charge on any atom is -0.346 e. The lowest BCUT2D eigenvalue weighted by Gasteiger charge is -2.16. The van der Waals surface area contributed by atoms with Crippen LogP contribution in [-0.4, -0.2) is 29.8 Å². The molecule has 0 bridgehead atoms. The van der Waals surface area contributed by atoms with Gasteiger partial charge in [0.15, 0.2) is 0 Å². The first-order chi connectivity index (χ1) is 9.13. The summed E-state index contributed by atoms with van der Waals surface area (Å²) < 4.78 is 49.3. The Bertz CT molecular complexity index is 494. The van der Waals surface area contributed by atoms with Crippen molar-refractivity contribution in [2.75, 3.05) is 6.54 Å². The highest BCUT2D eigenvalue weighted by molar-refractivity contribution is 6.29. The van der Waals surface area contributed by atoms with Gasteiger partial charge in [-0.2, -0.15) is 8.78 Å². The molecule has 0 radical (unpaired) electrons. The number of carbonyl (C=O) groups is 1. The van der Waals surface area contributed by atoms with Crippen LogP contribution >= 0.6 is 11.6 Å². The zero-order chi connectivity index (χ0) is 15.5. The summed E-state index contributed by atoms with van der Waals surface area (Å²) in [7, 11) is 0. The maximum Gasteiger partial charge on any atom is 0.324 e. The van der Waals surface area contributed by atoms with Crippen LogP contribution in [-0.2, 0) is 0 Å². The number of halogens is 5. The summed E-state index contributed by atoms with van der Waals surface area (Å²) in [6.45, 7) is 2.18. The summed E-state index contributed by atoms with van der Waals surface area (Å²) in [5.74, 6) is -5.20. The molecule has 1 heterocycles. The lowest BCUT2D eigenvalue weighted by atomic mass is 10.1. The van der Waals surface area contributed by atoms with Gasteiger partial charge in [-0.05, 0) is 18.1 Å². The van der Waals surface area contributed by atoms with Crippen molar-refractivity contribution < 1.29 is 22.4 Å². The standard InChI is InChI=1S/C12H13ClF4N2O/c1-6(2)8-3-7(4-9(13)19-8)10(20)18-5-12(16,17)11(14)15/h3-4,6,11H,5H2,1-2H3,(H,18,20). The number of carbonyl (C=O) groups excluding carboxylic acids is 1. The van der Waals surface area contributed by atoms with Gasteiger partial charge in [0, 0.05) is 11.3 Å². The Morgan fingerprint density at radius 1 is 1.40 bits per heavy atom. The van der Waals surface area contributed by atoms with Gasteiger partial charge in [-0.15, -0.1) is 0 Å². The topological polar surface area (TPSA) is 42.0 Å². The number of hydrogen-bond donors (Lipinski definition) is 1. The molecule has 8 heteroatoms. The SMILES string of the molecule is CC(C)c1cc(C(=O)NCC(F)(F)C(F)F)cc(Cl)n1. The van der Waals surface area contributed by atoms with E-state index in [9.17, 15) is 22.4 Å². The highest BCUT2D eigenvalue weighted by atomic mass is 35.5. The molecule has 1 aromatic rings. The zero-order valence-corrected chi connectivity index (χ0v) is 11.5. The molecule has 0 saturated carbocycles. The number of hydrogen-bond acceptors (Lipinski definition) is 2. The average Bonchev–Trinajstić information content (AvgIpc) is 2.35. The van der Waals surface area contributed by atoms with E-state index in [0.717, 1.165) is 0 Å². The Kier molecular flexibility index (Phi) is 5.33. The molecule has 20 heavy (non-hydrogen) atoms. The molecule has 0 saturated heterocycles. The summed E-state index contributed by atoms with van der Waals surface area (Å²) in [4.78, 5) is 15.6. The molecule has 1 rings (SSSR count). The molecule has 0 fully saturated rings. The highest BCUT2D eigenvalue weighted by Crippen LogP contribution is 2.22. The van der Waals surface area contributed by atoms with E-state index in [4.69, 9.17) is 11.6 Å². The molecule has 0 unspecified atom stereocenters. The minimum absolute atomic E-state index is 0.00114. The minimum atomic E-state index is -4.27. The fourth-order valence-corrected chi connectivity index (χ4v) is 1.54. The zero-order valence-electron chi connectivity index (χ0n) is 10.8. The third-order valence-electron chi connectivity index (χ3n) is 2.47. The van der Waals surface area contributed by atoms with Crippen LogP contribution in [0.1, 0.15) is 35.8 Å². The van der Waals surface area contributed by atoms with Crippen molar-refractivity contribution in [2.24, 2.45) is 0 Å². The van der Waals surface area contributed by atoms with Gasteiger partial charge in [0.2, 0.25) is 0 Å². The molecule has 0 atom stereocenters. The van der Waals surface area contributed by atoms with Gasteiger partial charge in [0.1, 0.15) is 5.15 Å². The second-order valence-electron chi connectivity index (χ2n) is 4.50. The third kappa shape index (κ3) is 4.33. The van der Waals surface area contributed by atoms with Crippen LogP contribution in [0.4, 0.5) is 17.6 Å². The van der Waals surface area contributed by atoms with E-state index in [0.29, 0.717) is 5.69 Å². The van der Waals surface area contributed by atoms with Crippen molar-refractivity contribution in [1.29, 1.82) is 0 Å². The molecule has 1 aromatic heterocycles. The first-order valence-electron chi connectivity index (χ1n) is 5.75. The van der Waals surface area contributed by atoms with Crippen LogP contribution in [0, 0.1) is 0 Å². The highest BCUT2D eigenvalue weighted by Gasteiger charge is 2.40. The number of rotatable bonds is 5. The molecule has 0 aromatic carbocycles. The van der Waals surface area contributed by atoms with Crippen LogP contribution in [0.5, 0.6) is 0 Å². The molecule has 0 spiro atoms. The molecule has 1 amide bonds. The Labute approximate surface area is 118 Å². The maximum absolute atomic E-state index is 12.7. The lowest BCUT2D eigenvalue weighted by molar-refractivity contribution is -0.123. The van der Waals surface area contributed by atoms with Gasteiger partial charge in [0.25, 0.3) is 5.91 Å². The van der Waals surface area contributed by atoms with E-state index in [-0.39, 0.29) is 16.6 Å². The molecular weight excluding hydrogens is 300 g/mol. The van der Waals surface area contributed by atoms with Crippen molar-refractivity contribution in [2.45, 2.75) is 32.1 Å². The number of nitrogens with zero attached hydrogens (tertiary/aromatic N) is 1. The van der Waals surface area contributed by atoms with Crippen LogP contribution in [0.15, 0.2) is 12.1 Å². The maximum atomic E-state index is 12.7. The summed E-state index contributed by atoms with van der Waals surface area (Å²) in [6.07, 6.45) is -3.84. The number of alkyl halides is 4. The van der Waals surface area contributed by atoms with Gasteiger partial charge in [-0.3, -0.25) is 4.79 Å². The first kappa shape index (κ1) is 16.7. The van der Waals surface area contributed by atoms with Gasteiger partial charge in [-0.25, -0.2) is 13.8 Å². The van der Waals surface area contributed by atoms with Crippen LogP contribution in [0.2, 0.25) is 5.15 Å². The summed E-state index contributed by atoms with van der Waals surface area (Å²) in [5, 5.41) is 1.79. The van der Waals surface area contributed by atoms with E-state index >= 15 is 0 Å². The third-order valence-corrected chi connectivity index (χ3v) is 2.67. The fraction of sp³-hybridized carbons (Fsp3) is 0.500. The molecule has 0 aliphatic carbocycles. The molecule has 1 N–H and O–H groups in total. The number of amides is 1. The van der Waals surface area contributed by atoms with Gasteiger partial charge < -0.3 is 5.32 Å². The monoisotopic (exact) mass is 312 g/mol. The predicted molar refractivity (Wildman–Crippen MR) is 66.6 cm³/mol. The van der Waals surface area contributed by atoms with Gasteiger partial charge in [-0.1, -0.05) is 25.4 Å². The van der Waals surface area contributed by atoms with Crippen molar-refractivity contribution in [3.8, 4) is 0 Å². The van der Waals surface area contributed by atoms with Crippen LogP contribution in [0.25, 0.3) is 0 Å². The predicted octanol–water partition coefficient (Wildman–Crippen LogP) is 3.49. The van der Waals surface area contributed by atoms with Crippen molar-refractivity contribution >= 4 is 17.5 Å². The summed E-state index contributed by atoms with van der Waals surface area (Å²) in [5.41, 5.74) is 0.502. The van der Waals surface area contributed by atoms with E-state index in [1.165, 1.54) is 12.1 Å². The number of aromatic nitrogens is 1. The van der Waals surface area contributed by atoms with Crippen molar-refractivity contribution in [3.05, 3.63) is 28.5 Å². The average molecular weight is 313 g/mol. The molecule has 112 valence electrons. The Hall–Kier alpha value is -1.37. The van der Waals surface area contributed by atoms with Crippen LogP contribution in [0.3, 0.4) is 0 Å². The van der Waals surface area contributed by atoms with Crippen molar-refractivity contribution in [1.82, 2.24) is 10.3 Å². The molecule has 0 aliphatic rings. The lowest BCUT2D eigenvalue weighted by Crippen LogP contribution is -2.41. The Balaban J connectivity index is 2.83. The Morgan fingerprint density at radius 2 is 2.00 bits per heavy atom. The number of pyridine rings is 1. The molecule has 3 nitrogen and oxygen atoms in total. The molecular formula is C12H13ClF4N2O. The normalized spacial score (nSPS) is 12.1. The van der Waals surface area contributed by atoms with E-state index in [2.05, 4.69) is 4.98 Å². The van der Waals surface area contributed by atoms with E-state index in [1.54, 1.807) is 5.32 Å². The van der Waals surface area contributed by atoms with E-state index < -0.39 is 24.8 Å². The molecule has 0 aliphatic heterocycles. The quantitative estimate of drug-likeness (QED) is 0.668. The van der Waals surface area contributed by atoms with E-state index in [1.807, 2.05) is 13.8 Å². The van der Waals surface area contributed by atoms with Crippen molar-refractivity contribution in [3.63, 3.8) is 0 Å². The Morgan fingerprint density at radius 3 is 2.50 bits per heavy atom. The second kappa shape index (κ2) is 6.39. The first-order valence-corrected chi connectivity index (χ1v) is 6.13. The summed E-state index contributed by atoms with van der Waals surface area (Å²) >= 11 is 5.72. The van der Waals surface area contributed by atoms with Crippen LogP contribution < -0.4 is 5.32 Å². The second-order valence-corrected chi connectivity index (χ2v) is 4.89. The number of nitrogens with one attached hydrogen (secondary N) is 1. The smallest absolute Gasteiger partial charge is 0.324 e. The van der Waals surface area contributed by atoms with Gasteiger partial charge in [0.05, 0.1) is 6.54 Å². The van der Waals surface area contributed by atoms with Gasteiger partial charge >= 0.3 is 12.3 Å². The largest absolute Gasteiger partial charge is 0.346 e. The summed E-state index contributed by atoms with van der Waals surface area (Å²) in [6, 6.07) is 2.57.